The maximum Gasteiger partial charge on any atom is 0.276 e. The zero-order valence-electron chi connectivity index (χ0n) is 11.4. The molecule has 1 aliphatic carbocycles. The van der Waals surface area contributed by atoms with E-state index in [4.69, 9.17) is 9.26 Å². The largest absolute Gasteiger partial charge is 0.389 e. The molecule has 0 saturated heterocycles. The Morgan fingerprint density at radius 1 is 1.53 bits per heavy atom. The van der Waals surface area contributed by atoms with Gasteiger partial charge in [-0.2, -0.15) is 0 Å². The Balaban J connectivity index is 2.05. The van der Waals surface area contributed by atoms with Gasteiger partial charge in [0.05, 0.1) is 12.7 Å². The maximum atomic E-state index is 12.3. The molecule has 0 radical (unpaired) electrons. The van der Waals surface area contributed by atoms with Gasteiger partial charge < -0.3 is 19.3 Å². The zero-order valence-corrected chi connectivity index (χ0v) is 11.4. The second-order valence-electron chi connectivity index (χ2n) is 4.93. The summed E-state index contributed by atoms with van der Waals surface area (Å²) in [7, 11) is 3.16. The number of aliphatic hydroxyl groups is 1. The summed E-state index contributed by atoms with van der Waals surface area (Å²) >= 11 is 0. The molecule has 0 aliphatic heterocycles. The molecule has 2 rings (SSSR count). The number of hydrogen-bond donors (Lipinski definition) is 1. The normalized spacial score (nSPS) is 15.9. The van der Waals surface area contributed by atoms with Crippen LogP contribution in [0.1, 0.15) is 34.7 Å². The molecule has 0 spiro atoms. The van der Waals surface area contributed by atoms with Crippen molar-refractivity contribution >= 4 is 5.91 Å². The zero-order chi connectivity index (χ0) is 13.8. The summed E-state index contributed by atoms with van der Waals surface area (Å²) in [6.45, 7) is 0.419. The highest BCUT2D eigenvalue weighted by atomic mass is 16.5. The molecule has 1 aromatic rings. The predicted octanol–water partition coefficient (Wildman–Crippen LogP) is 0.633. The molecule has 6 heteroatoms. The standard InChI is InChI=1S/C13H20N2O4/c1-15(7-9(16)8-18-2)13(17)12-10-5-3-4-6-11(10)19-14-12/h9,16H,3-8H2,1-2H3. The molecule has 1 aliphatic rings. The van der Waals surface area contributed by atoms with E-state index in [1.54, 1.807) is 7.05 Å². The molecule has 0 bridgehead atoms. The van der Waals surface area contributed by atoms with Gasteiger partial charge in [-0.1, -0.05) is 5.16 Å². The van der Waals surface area contributed by atoms with Crippen molar-refractivity contribution in [2.75, 3.05) is 27.3 Å². The number of likely N-dealkylation sites (N-methyl/N-ethyl adjacent to an activating group) is 1. The molecule has 6 nitrogen and oxygen atoms in total. The van der Waals surface area contributed by atoms with Crippen LogP contribution in [0.4, 0.5) is 0 Å². The number of carbonyl (C=O) groups is 1. The number of ether oxygens (including phenoxy) is 1. The van der Waals surface area contributed by atoms with Crippen LogP contribution in [0, 0.1) is 0 Å². The van der Waals surface area contributed by atoms with E-state index in [1.807, 2.05) is 0 Å². The van der Waals surface area contributed by atoms with Crippen LogP contribution >= 0.6 is 0 Å². The first kappa shape index (κ1) is 14.0. The van der Waals surface area contributed by atoms with Crippen molar-refractivity contribution in [3.63, 3.8) is 0 Å². The van der Waals surface area contributed by atoms with E-state index in [2.05, 4.69) is 5.16 Å². The average molecular weight is 268 g/mol. The van der Waals surface area contributed by atoms with E-state index in [1.165, 1.54) is 12.0 Å². The van der Waals surface area contributed by atoms with Gasteiger partial charge in [0.25, 0.3) is 5.91 Å². The van der Waals surface area contributed by atoms with Crippen LogP contribution in [0.3, 0.4) is 0 Å². The third-order valence-electron chi connectivity index (χ3n) is 3.34. The van der Waals surface area contributed by atoms with Gasteiger partial charge in [-0.3, -0.25) is 4.79 Å². The third-order valence-corrected chi connectivity index (χ3v) is 3.34. The fourth-order valence-electron chi connectivity index (χ4n) is 2.38. The van der Waals surface area contributed by atoms with E-state index in [9.17, 15) is 9.90 Å². The van der Waals surface area contributed by atoms with Crippen LogP contribution in [0.15, 0.2) is 4.52 Å². The number of carbonyl (C=O) groups excluding carboxylic acids is 1. The summed E-state index contributed by atoms with van der Waals surface area (Å²) < 4.78 is 10.1. The molecule has 0 fully saturated rings. The first-order chi connectivity index (χ1) is 9.13. The van der Waals surface area contributed by atoms with Gasteiger partial charge >= 0.3 is 0 Å². The molecule has 1 aromatic heterocycles. The van der Waals surface area contributed by atoms with E-state index in [0.717, 1.165) is 37.0 Å². The van der Waals surface area contributed by atoms with Crippen molar-refractivity contribution < 1.29 is 19.2 Å². The SMILES string of the molecule is COCC(O)CN(C)C(=O)c1noc2c1CCCC2. The molecule has 1 atom stereocenters. The monoisotopic (exact) mass is 268 g/mol. The fourth-order valence-corrected chi connectivity index (χ4v) is 2.38. The van der Waals surface area contributed by atoms with Gasteiger partial charge in [-0.05, 0) is 19.3 Å². The first-order valence-electron chi connectivity index (χ1n) is 6.53. The number of aliphatic hydroxyl groups excluding tert-OH is 1. The van der Waals surface area contributed by atoms with Gasteiger partial charge in [0, 0.05) is 32.7 Å². The number of rotatable bonds is 5. The minimum atomic E-state index is -0.693. The molecule has 19 heavy (non-hydrogen) atoms. The fraction of sp³-hybridized carbons (Fsp3) is 0.692. The Labute approximate surface area is 112 Å². The predicted molar refractivity (Wildman–Crippen MR) is 68.0 cm³/mol. The van der Waals surface area contributed by atoms with Crippen LogP contribution in [-0.4, -0.2) is 54.5 Å². The van der Waals surface area contributed by atoms with Gasteiger partial charge in [0.15, 0.2) is 5.69 Å². The summed E-state index contributed by atoms with van der Waals surface area (Å²) in [5.41, 5.74) is 1.33. The van der Waals surface area contributed by atoms with Crippen LogP contribution in [0.5, 0.6) is 0 Å². The minimum absolute atomic E-state index is 0.203. The van der Waals surface area contributed by atoms with E-state index >= 15 is 0 Å². The van der Waals surface area contributed by atoms with Gasteiger partial charge in [-0.15, -0.1) is 0 Å². The van der Waals surface area contributed by atoms with Crippen molar-refractivity contribution in [2.24, 2.45) is 0 Å². The van der Waals surface area contributed by atoms with Gasteiger partial charge in [0.1, 0.15) is 5.76 Å². The van der Waals surface area contributed by atoms with Crippen LogP contribution in [0.25, 0.3) is 0 Å². The molecule has 1 unspecified atom stereocenters. The number of fused-ring (bicyclic) bond motifs is 1. The summed E-state index contributed by atoms with van der Waals surface area (Å²) in [4.78, 5) is 13.7. The quantitative estimate of drug-likeness (QED) is 0.847. The van der Waals surface area contributed by atoms with Crippen molar-refractivity contribution in [1.29, 1.82) is 0 Å². The average Bonchev–Trinajstić information content (AvgIpc) is 2.81. The summed E-state index contributed by atoms with van der Waals surface area (Å²) in [5, 5.41) is 13.5. The molecule has 1 N–H and O–H groups in total. The number of amides is 1. The number of methoxy groups -OCH3 is 1. The van der Waals surface area contributed by atoms with Crippen LogP contribution in [-0.2, 0) is 17.6 Å². The molecular formula is C13H20N2O4. The lowest BCUT2D eigenvalue weighted by Crippen LogP contribution is -2.36. The van der Waals surface area contributed by atoms with Crippen LogP contribution < -0.4 is 0 Å². The maximum absolute atomic E-state index is 12.3. The van der Waals surface area contributed by atoms with E-state index in [0.29, 0.717) is 5.69 Å². The number of aryl methyl sites for hydroxylation is 1. The lowest BCUT2D eigenvalue weighted by Gasteiger charge is -2.20. The van der Waals surface area contributed by atoms with Crippen molar-refractivity contribution in [2.45, 2.75) is 31.8 Å². The Hall–Kier alpha value is -1.40. The lowest BCUT2D eigenvalue weighted by molar-refractivity contribution is 0.0376. The Morgan fingerprint density at radius 2 is 2.26 bits per heavy atom. The molecule has 0 aromatic carbocycles. The minimum Gasteiger partial charge on any atom is -0.389 e. The van der Waals surface area contributed by atoms with Gasteiger partial charge in [0.2, 0.25) is 0 Å². The molecule has 106 valence electrons. The number of aromatic nitrogens is 1. The van der Waals surface area contributed by atoms with Crippen molar-refractivity contribution in [3.05, 3.63) is 17.0 Å². The summed E-state index contributed by atoms with van der Waals surface area (Å²) in [5.74, 6) is 0.627. The topological polar surface area (TPSA) is 75.8 Å². The molecular weight excluding hydrogens is 248 g/mol. The molecule has 0 saturated carbocycles. The van der Waals surface area contributed by atoms with Crippen molar-refractivity contribution in [1.82, 2.24) is 10.1 Å². The summed E-state index contributed by atoms with van der Waals surface area (Å²) in [6, 6.07) is 0. The lowest BCUT2D eigenvalue weighted by atomic mass is 9.96. The second kappa shape index (κ2) is 6.16. The van der Waals surface area contributed by atoms with Crippen molar-refractivity contribution in [3.8, 4) is 0 Å². The first-order valence-corrected chi connectivity index (χ1v) is 6.53. The highest BCUT2D eigenvalue weighted by Crippen LogP contribution is 2.24. The van der Waals surface area contributed by atoms with E-state index in [-0.39, 0.29) is 19.1 Å². The Bertz CT molecular complexity index is 444. The number of nitrogens with zero attached hydrogens (tertiary/aromatic N) is 2. The molecule has 1 amide bonds. The van der Waals surface area contributed by atoms with E-state index < -0.39 is 6.10 Å². The van der Waals surface area contributed by atoms with Crippen LogP contribution in [0.2, 0.25) is 0 Å². The highest BCUT2D eigenvalue weighted by Gasteiger charge is 2.26. The second-order valence-corrected chi connectivity index (χ2v) is 4.93. The third kappa shape index (κ3) is 3.13. The Morgan fingerprint density at radius 3 is 3.00 bits per heavy atom. The highest BCUT2D eigenvalue weighted by molar-refractivity contribution is 5.93. The Kier molecular flexibility index (Phi) is 4.55. The number of hydrogen-bond acceptors (Lipinski definition) is 5. The smallest absolute Gasteiger partial charge is 0.276 e. The van der Waals surface area contributed by atoms with Gasteiger partial charge in [-0.25, -0.2) is 0 Å². The summed E-state index contributed by atoms with van der Waals surface area (Å²) in [6.07, 6.45) is 3.14. The molecule has 1 heterocycles.